The summed E-state index contributed by atoms with van der Waals surface area (Å²) >= 11 is 6.12. The van der Waals surface area contributed by atoms with Crippen molar-refractivity contribution in [3.05, 3.63) is 111 Å². The molecule has 1 atom stereocenters. The minimum Gasteiger partial charge on any atom is -0.424 e. The summed E-state index contributed by atoms with van der Waals surface area (Å²) in [5, 5.41) is 3.86. The Morgan fingerprint density at radius 3 is 2.47 bits per heavy atom. The first-order chi connectivity index (χ1) is 17.2. The molecule has 0 aliphatic carbocycles. The summed E-state index contributed by atoms with van der Waals surface area (Å²) in [5.41, 5.74) is 5.13. The van der Waals surface area contributed by atoms with E-state index < -0.39 is 7.60 Å². The van der Waals surface area contributed by atoms with E-state index in [0.717, 1.165) is 34.6 Å². The number of halogens is 1. The van der Waals surface area contributed by atoms with Crippen LogP contribution < -0.4 is 10.1 Å². The zero-order valence-corrected chi connectivity index (χ0v) is 21.3. The summed E-state index contributed by atoms with van der Waals surface area (Å²) in [6, 6.07) is 22.4. The number of benzene rings is 3. The largest absolute Gasteiger partial charge is 0.424 e. The first-order valence-corrected chi connectivity index (χ1v) is 13.6. The standard InChI is InChI=1S/C27H23ClN3O4P/c1-17-8-13-21(24(14-17)35-36(2,33)34)22-16-29-26-25(19-9-11-20(28)12-10-19)23(30-31(26)27(22)32)15-18-6-4-3-5-7-18/h3-14,16,30H,15H2,1-2H3,(H,33,34). The minimum atomic E-state index is -3.85. The molecule has 0 fully saturated rings. The van der Waals surface area contributed by atoms with E-state index in [1.165, 1.54) is 10.7 Å². The average molecular weight is 520 g/mol. The lowest BCUT2D eigenvalue weighted by molar-refractivity contribution is 0.388. The number of aryl methyl sites for hydroxylation is 1. The van der Waals surface area contributed by atoms with Gasteiger partial charge in [-0.05, 0) is 41.8 Å². The van der Waals surface area contributed by atoms with Crippen LogP contribution in [0.5, 0.6) is 5.75 Å². The zero-order valence-electron chi connectivity index (χ0n) is 19.6. The van der Waals surface area contributed by atoms with E-state index >= 15 is 0 Å². The Morgan fingerprint density at radius 1 is 1.06 bits per heavy atom. The fourth-order valence-corrected chi connectivity index (χ4v) is 4.85. The van der Waals surface area contributed by atoms with Crippen molar-refractivity contribution in [2.75, 3.05) is 6.66 Å². The van der Waals surface area contributed by atoms with Gasteiger partial charge in [0.2, 0.25) is 0 Å². The lowest BCUT2D eigenvalue weighted by Crippen LogP contribution is -2.17. The quantitative estimate of drug-likeness (QED) is 0.264. The highest BCUT2D eigenvalue weighted by Crippen LogP contribution is 2.42. The van der Waals surface area contributed by atoms with Crippen LogP contribution in [0.4, 0.5) is 0 Å². The minimum absolute atomic E-state index is 0.149. The number of nitrogens with zero attached hydrogens (tertiary/aromatic N) is 2. The van der Waals surface area contributed by atoms with E-state index in [1.807, 2.05) is 55.5 Å². The van der Waals surface area contributed by atoms with Crippen molar-refractivity contribution in [3.63, 3.8) is 0 Å². The van der Waals surface area contributed by atoms with Crippen LogP contribution in [-0.2, 0) is 11.0 Å². The van der Waals surface area contributed by atoms with Crippen LogP contribution in [0.15, 0.2) is 83.8 Å². The summed E-state index contributed by atoms with van der Waals surface area (Å²) in [6.07, 6.45) is 2.03. The Labute approximate surface area is 212 Å². The zero-order chi connectivity index (χ0) is 25.4. The number of aromatic amines is 1. The first kappa shape index (κ1) is 24.1. The van der Waals surface area contributed by atoms with Crippen molar-refractivity contribution in [1.82, 2.24) is 14.6 Å². The van der Waals surface area contributed by atoms with E-state index in [1.54, 1.807) is 24.3 Å². The van der Waals surface area contributed by atoms with Crippen LogP contribution in [0.1, 0.15) is 16.8 Å². The summed E-state index contributed by atoms with van der Waals surface area (Å²) in [7, 11) is -3.85. The number of fused-ring (bicyclic) bond motifs is 1. The van der Waals surface area contributed by atoms with Crippen LogP contribution in [0.2, 0.25) is 5.02 Å². The molecule has 2 heterocycles. The Kier molecular flexibility index (Phi) is 6.31. The summed E-state index contributed by atoms with van der Waals surface area (Å²) in [4.78, 5) is 28.2. The Hall–Kier alpha value is -3.64. The predicted molar refractivity (Wildman–Crippen MR) is 142 cm³/mol. The molecule has 5 aromatic rings. The van der Waals surface area contributed by atoms with Crippen molar-refractivity contribution in [1.29, 1.82) is 0 Å². The molecule has 5 rings (SSSR count). The third-order valence-electron chi connectivity index (χ3n) is 5.79. The molecule has 0 aliphatic rings. The highest BCUT2D eigenvalue weighted by Gasteiger charge is 2.22. The molecule has 9 heteroatoms. The van der Waals surface area contributed by atoms with Crippen molar-refractivity contribution in [3.8, 4) is 28.0 Å². The first-order valence-electron chi connectivity index (χ1n) is 11.2. The van der Waals surface area contributed by atoms with Crippen molar-refractivity contribution in [2.45, 2.75) is 13.3 Å². The third-order valence-corrected chi connectivity index (χ3v) is 6.57. The molecule has 0 bridgehead atoms. The maximum absolute atomic E-state index is 13.7. The van der Waals surface area contributed by atoms with E-state index in [-0.39, 0.29) is 16.9 Å². The highest BCUT2D eigenvalue weighted by atomic mass is 35.5. The number of aromatic nitrogens is 3. The van der Waals surface area contributed by atoms with Gasteiger partial charge in [-0.25, -0.2) is 14.1 Å². The Balaban J connectivity index is 1.72. The second-order valence-electron chi connectivity index (χ2n) is 8.66. The highest BCUT2D eigenvalue weighted by molar-refractivity contribution is 7.52. The third kappa shape index (κ3) is 4.86. The van der Waals surface area contributed by atoms with E-state index in [2.05, 4.69) is 10.1 Å². The van der Waals surface area contributed by atoms with Crippen LogP contribution in [0, 0.1) is 6.92 Å². The molecule has 0 saturated heterocycles. The normalized spacial score (nSPS) is 13.0. The molecule has 0 saturated carbocycles. The lowest BCUT2D eigenvalue weighted by atomic mass is 10.0. The van der Waals surface area contributed by atoms with Gasteiger partial charge in [0, 0.05) is 41.1 Å². The number of rotatable bonds is 6. The summed E-state index contributed by atoms with van der Waals surface area (Å²) < 4.78 is 18.7. The fourth-order valence-electron chi connectivity index (χ4n) is 4.20. The van der Waals surface area contributed by atoms with Gasteiger partial charge in [0.05, 0.1) is 5.56 Å². The molecule has 0 amide bonds. The van der Waals surface area contributed by atoms with E-state index in [0.29, 0.717) is 22.7 Å². The maximum Gasteiger partial charge on any atom is 0.373 e. The van der Waals surface area contributed by atoms with Gasteiger partial charge in [0.15, 0.2) is 5.65 Å². The Morgan fingerprint density at radius 2 is 1.78 bits per heavy atom. The van der Waals surface area contributed by atoms with Gasteiger partial charge in [-0.3, -0.25) is 9.89 Å². The van der Waals surface area contributed by atoms with Crippen LogP contribution in [0.25, 0.3) is 27.9 Å². The van der Waals surface area contributed by atoms with Crippen molar-refractivity contribution < 1.29 is 14.0 Å². The van der Waals surface area contributed by atoms with E-state index in [4.69, 9.17) is 16.1 Å². The van der Waals surface area contributed by atoms with Gasteiger partial charge in [-0.15, -0.1) is 0 Å². The van der Waals surface area contributed by atoms with E-state index in [9.17, 15) is 14.3 Å². The second kappa shape index (κ2) is 9.43. The monoisotopic (exact) mass is 519 g/mol. The summed E-state index contributed by atoms with van der Waals surface area (Å²) in [5.74, 6) is 0.149. The van der Waals surface area contributed by atoms with Gasteiger partial charge in [-0.1, -0.05) is 66.2 Å². The molecule has 7 nitrogen and oxygen atoms in total. The fraction of sp³-hybridized carbons (Fsp3) is 0.111. The van der Waals surface area contributed by atoms with Gasteiger partial charge in [0.1, 0.15) is 5.75 Å². The van der Waals surface area contributed by atoms with Crippen LogP contribution >= 0.6 is 19.2 Å². The van der Waals surface area contributed by atoms with Gasteiger partial charge >= 0.3 is 7.60 Å². The number of H-pyrrole nitrogens is 1. The molecule has 2 aromatic heterocycles. The molecule has 36 heavy (non-hydrogen) atoms. The summed E-state index contributed by atoms with van der Waals surface area (Å²) in [6.45, 7) is 2.94. The van der Waals surface area contributed by atoms with Gasteiger partial charge in [0.25, 0.3) is 5.56 Å². The van der Waals surface area contributed by atoms with Gasteiger partial charge < -0.3 is 9.42 Å². The molecule has 0 spiro atoms. The molecular formula is C27H23ClN3O4P. The maximum atomic E-state index is 13.7. The molecular weight excluding hydrogens is 497 g/mol. The van der Waals surface area contributed by atoms with Crippen molar-refractivity contribution in [2.24, 2.45) is 0 Å². The molecule has 2 N–H and O–H groups in total. The Bertz CT molecular complexity index is 1670. The number of nitrogens with one attached hydrogen (secondary N) is 1. The number of hydrogen-bond donors (Lipinski definition) is 2. The molecule has 3 aromatic carbocycles. The van der Waals surface area contributed by atoms with Gasteiger partial charge in [-0.2, -0.15) is 0 Å². The predicted octanol–water partition coefficient (Wildman–Crippen LogP) is 6.10. The SMILES string of the molecule is Cc1ccc(-c2cnc3c(-c4ccc(Cl)cc4)c(Cc4ccccc4)[nH]n3c2=O)c(OP(C)(=O)O)c1. The number of hydrogen-bond acceptors (Lipinski definition) is 4. The van der Waals surface area contributed by atoms with Crippen LogP contribution in [-0.4, -0.2) is 26.2 Å². The lowest BCUT2D eigenvalue weighted by Gasteiger charge is -2.14. The molecule has 1 unspecified atom stereocenters. The van der Waals surface area contributed by atoms with Crippen LogP contribution in [0.3, 0.4) is 0 Å². The molecule has 182 valence electrons. The smallest absolute Gasteiger partial charge is 0.373 e. The average Bonchev–Trinajstić information content (AvgIpc) is 3.19. The molecule has 0 radical (unpaired) electrons. The molecule has 0 aliphatic heterocycles. The van der Waals surface area contributed by atoms with Crippen molar-refractivity contribution >= 4 is 24.8 Å². The second-order valence-corrected chi connectivity index (χ2v) is 10.9. The topological polar surface area (TPSA) is 96.7 Å².